The van der Waals surface area contributed by atoms with Gasteiger partial charge in [0, 0.05) is 50.4 Å². The molecule has 0 spiro atoms. The largest absolute Gasteiger partial charge is 0.493 e. The monoisotopic (exact) mass is 601 g/mol. The lowest BCUT2D eigenvalue weighted by molar-refractivity contribution is 0.145. The number of ether oxygens (including phenoxy) is 4. The molecule has 1 N–H and O–H groups in total. The molecular formula is C26H28IN5O4. The van der Waals surface area contributed by atoms with Crippen LogP contribution < -0.4 is 24.3 Å². The number of hydrogen-bond donors (Lipinski definition) is 1. The molecule has 0 saturated carbocycles. The summed E-state index contributed by atoms with van der Waals surface area (Å²) in [7, 11) is 3.78. The molecule has 1 saturated heterocycles. The fraction of sp³-hybridized carbons (Fsp3) is 0.385. The molecule has 1 fully saturated rings. The van der Waals surface area contributed by atoms with Gasteiger partial charge in [-0.2, -0.15) is 5.26 Å². The zero-order valence-corrected chi connectivity index (χ0v) is 22.5. The Kier molecular flexibility index (Phi) is 7.50. The number of benzene rings is 2. The van der Waals surface area contributed by atoms with Crippen LogP contribution in [0.25, 0.3) is 10.9 Å². The van der Waals surface area contributed by atoms with Crippen LogP contribution in [0.1, 0.15) is 12.0 Å². The van der Waals surface area contributed by atoms with Crippen molar-refractivity contribution in [3.8, 4) is 29.1 Å². The fourth-order valence-corrected chi connectivity index (χ4v) is 5.01. The Labute approximate surface area is 224 Å². The lowest BCUT2D eigenvalue weighted by Crippen LogP contribution is -2.44. The van der Waals surface area contributed by atoms with Gasteiger partial charge in [0.2, 0.25) is 6.79 Å². The molecule has 5 rings (SSSR count). The second kappa shape index (κ2) is 10.9. The molecule has 9 nitrogen and oxygen atoms in total. The van der Waals surface area contributed by atoms with Gasteiger partial charge in [0.1, 0.15) is 6.07 Å². The Morgan fingerprint density at radius 1 is 1.14 bits per heavy atom. The third-order valence-corrected chi connectivity index (χ3v) is 7.33. The first-order valence-corrected chi connectivity index (χ1v) is 12.9. The summed E-state index contributed by atoms with van der Waals surface area (Å²) in [5, 5.41) is 13.9. The molecule has 3 aromatic rings. The number of rotatable bonds is 8. The zero-order chi connectivity index (χ0) is 25.1. The van der Waals surface area contributed by atoms with Gasteiger partial charge in [-0.3, -0.25) is 4.98 Å². The highest BCUT2D eigenvalue weighted by Gasteiger charge is 2.23. The van der Waals surface area contributed by atoms with Gasteiger partial charge < -0.3 is 34.1 Å². The van der Waals surface area contributed by atoms with Crippen molar-refractivity contribution in [1.29, 1.82) is 5.26 Å². The van der Waals surface area contributed by atoms with Gasteiger partial charge in [0.05, 0.1) is 39.7 Å². The third kappa shape index (κ3) is 5.09. The highest BCUT2D eigenvalue weighted by Crippen LogP contribution is 2.45. The highest BCUT2D eigenvalue weighted by molar-refractivity contribution is 14.1. The van der Waals surface area contributed by atoms with Crippen molar-refractivity contribution in [2.75, 3.05) is 65.6 Å². The van der Waals surface area contributed by atoms with Crippen molar-refractivity contribution in [2.24, 2.45) is 0 Å². The summed E-state index contributed by atoms with van der Waals surface area (Å²) in [5.41, 5.74) is 2.46. The average molecular weight is 601 g/mol. The smallest absolute Gasteiger partial charge is 0.231 e. The maximum atomic E-state index is 9.79. The second-order valence-corrected chi connectivity index (χ2v) is 9.97. The minimum absolute atomic E-state index is 0.162. The molecule has 0 atom stereocenters. The molecule has 0 unspecified atom stereocenters. The van der Waals surface area contributed by atoms with Gasteiger partial charge in [-0.1, -0.05) is 0 Å². The SMILES string of the molecule is COc1cc2c(Nc3ccc(I)c4c3OCO4)c(C#N)cnc2cc1OCCCN1CCN(C)CC1. The summed E-state index contributed by atoms with van der Waals surface area (Å²) in [6.45, 7) is 6.16. The maximum Gasteiger partial charge on any atom is 0.231 e. The van der Waals surface area contributed by atoms with E-state index in [0.717, 1.165) is 53.8 Å². The standard InChI is InChI=1S/C26H28IN5O4/c1-31-7-9-32(10-8-31)6-3-11-34-23-13-21-18(12-22(23)33-2)24(17(14-28)15-29-21)30-20-5-4-19(27)25-26(20)36-16-35-25/h4-5,12-13,15H,3,6-11,16H2,1-2H3,(H,29,30). The van der Waals surface area contributed by atoms with Crippen LogP contribution >= 0.6 is 22.6 Å². The van der Waals surface area contributed by atoms with Crippen LogP contribution in [0.4, 0.5) is 11.4 Å². The van der Waals surface area contributed by atoms with Crippen LogP contribution in [-0.2, 0) is 0 Å². The molecule has 188 valence electrons. The first-order valence-electron chi connectivity index (χ1n) is 11.9. The average Bonchev–Trinajstić information content (AvgIpc) is 3.40. The minimum atomic E-state index is 0.162. The van der Waals surface area contributed by atoms with Crippen molar-refractivity contribution in [1.82, 2.24) is 14.8 Å². The lowest BCUT2D eigenvalue weighted by atomic mass is 10.1. The Morgan fingerprint density at radius 2 is 1.94 bits per heavy atom. The number of anilines is 2. The van der Waals surface area contributed by atoms with Crippen LogP contribution in [0.3, 0.4) is 0 Å². The summed E-state index contributed by atoms with van der Waals surface area (Å²) in [4.78, 5) is 9.34. The van der Waals surface area contributed by atoms with Crippen molar-refractivity contribution >= 4 is 44.9 Å². The summed E-state index contributed by atoms with van der Waals surface area (Å²) < 4.78 is 24.0. The topological polar surface area (TPSA) is 92.1 Å². The maximum absolute atomic E-state index is 9.79. The number of pyridine rings is 1. The first kappa shape index (κ1) is 24.7. The lowest BCUT2D eigenvalue weighted by Gasteiger charge is -2.32. The molecule has 0 bridgehead atoms. The van der Waals surface area contributed by atoms with Crippen LogP contribution in [0, 0.1) is 14.9 Å². The molecule has 0 aliphatic carbocycles. The molecule has 36 heavy (non-hydrogen) atoms. The van der Waals surface area contributed by atoms with E-state index in [0.29, 0.717) is 46.4 Å². The first-order chi connectivity index (χ1) is 17.6. The Hall–Kier alpha value is -3.01. The number of nitrogens with one attached hydrogen (secondary N) is 1. The van der Waals surface area contributed by atoms with E-state index in [1.807, 2.05) is 24.3 Å². The summed E-state index contributed by atoms with van der Waals surface area (Å²) in [6.07, 6.45) is 2.50. The number of likely N-dealkylation sites (N-methyl/N-ethyl adjacent to an activating group) is 1. The number of piperazine rings is 1. The van der Waals surface area contributed by atoms with E-state index >= 15 is 0 Å². The molecule has 1 aromatic heterocycles. The predicted molar refractivity (Wildman–Crippen MR) is 146 cm³/mol. The molecule has 0 radical (unpaired) electrons. The van der Waals surface area contributed by atoms with Gasteiger partial charge in [0.25, 0.3) is 0 Å². The van der Waals surface area contributed by atoms with Gasteiger partial charge in [-0.25, -0.2) is 0 Å². The second-order valence-electron chi connectivity index (χ2n) is 8.81. The van der Waals surface area contributed by atoms with Crippen LogP contribution in [0.15, 0.2) is 30.5 Å². The number of nitriles is 1. The number of halogens is 1. The minimum Gasteiger partial charge on any atom is -0.493 e. The number of methoxy groups -OCH3 is 1. The van der Waals surface area contributed by atoms with E-state index in [2.05, 4.69) is 55.8 Å². The molecule has 2 aromatic carbocycles. The van der Waals surface area contributed by atoms with Crippen LogP contribution in [0.5, 0.6) is 23.0 Å². The molecule has 3 heterocycles. The van der Waals surface area contributed by atoms with Gasteiger partial charge in [-0.15, -0.1) is 0 Å². The van der Waals surface area contributed by atoms with Crippen molar-refractivity contribution < 1.29 is 18.9 Å². The number of hydrogen-bond acceptors (Lipinski definition) is 9. The van der Waals surface area contributed by atoms with Gasteiger partial charge >= 0.3 is 0 Å². The normalized spacial score (nSPS) is 15.6. The molecule has 10 heteroatoms. The van der Waals surface area contributed by atoms with Gasteiger partial charge in [-0.05, 0) is 54.3 Å². The van der Waals surface area contributed by atoms with Crippen molar-refractivity contribution in [3.63, 3.8) is 0 Å². The molecule has 2 aliphatic rings. The predicted octanol–water partition coefficient (Wildman–Crippen LogP) is 4.21. The van der Waals surface area contributed by atoms with E-state index in [-0.39, 0.29) is 6.79 Å². The Morgan fingerprint density at radius 3 is 2.72 bits per heavy atom. The quantitative estimate of drug-likeness (QED) is 0.301. The van der Waals surface area contributed by atoms with Crippen LogP contribution in [0.2, 0.25) is 0 Å². The van der Waals surface area contributed by atoms with E-state index in [1.165, 1.54) is 0 Å². The van der Waals surface area contributed by atoms with Gasteiger partial charge in [0.15, 0.2) is 23.0 Å². The molecule has 2 aliphatic heterocycles. The molecular weight excluding hydrogens is 573 g/mol. The van der Waals surface area contributed by atoms with E-state index < -0.39 is 0 Å². The summed E-state index contributed by atoms with van der Waals surface area (Å²) in [5.74, 6) is 2.55. The summed E-state index contributed by atoms with van der Waals surface area (Å²) >= 11 is 2.21. The van der Waals surface area contributed by atoms with E-state index in [9.17, 15) is 5.26 Å². The summed E-state index contributed by atoms with van der Waals surface area (Å²) in [6, 6.07) is 9.83. The fourth-order valence-electron chi connectivity index (χ4n) is 4.43. The highest BCUT2D eigenvalue weighted by atomic mass is 127. The Balaban J connectivity index is 1.38. The van der Waals surface area contributed by atoms with E-state index in [4.69, 9.17) is 18.9 Å². The zero-order valence-electron chi connectivity index (χ0n) is 20.3. The number of aromatic nitrogens is 1. The van der Waals surface area contributed by atoms with Crippen molar-refractivity contribution in [2.45, 2.75) is 6.42 Å². The third-order valence-electron chi connectivity index (χ3n) is 6.48. The van der Waals surface area contributed by atoms with Crippen molar-refractivity contribution in [3.05, 3.63) is 39.6 Å². The van der Waals surface area contributed by atoms with Crippen LogP contribution in [-0.4, -0.2) is 75.1 Å². The van der Waals surface area contributed by atoms with E-state index in [1.54, 1.807) is 13.3 Å². The Bertz CT molecular complexity index is 1300. The number of fused-ring (bicyclic) bond motifs is 2. The molecule has 0 amide bonds. The number of nitrogens with zero attached hydrogens (tertiary/aromatic N) is 4.